The Labute approximate surface area is 124 Å². The number of nitrogens with one attached hydrogen (secondary N) is 1. The summed E-state index contributed by atoms with van der Waals surface area (Å²) in [5, 5.41) is 3.19. The number of nitrogens with zero attached hydrogens (tertiary/aromatic N) is 1. The summed E-state index contributed by atoms with van der Waals surface area (Å²) in [6.07, 6.45) is 2.51. The summed E-state index contributed by atoms with van der Waals surface area (Å²) in [7, 11) is 0. The maximum atomic E-state index is 12.5. The molecule has 1 fully saturated rings. The lowest BCUT2D eigenvalue weighted by atomic mass is 9.88. The predicted molar refractivity (Wildman–Crippen MR) is 81.5 cm³/mol. The van der Waals surface area contributed by atoms with Gasteiger partial charge in [-0.2, -0.15) is 0 Å². The summed E-state index contributed by atoms with van der Waals surface area (Å²) in [6, 6.07) is 7.04. The van der Waals surface area contributed by atoms with E-state index in [2.05, 4.69) is 10.2 Å². The highest BCUT2D eigenvalue weighted by Gasteiger charge is 2.29. The van der Waals surface area contributed by atoms with Crippen LogP contribution in [0.25, 0.3) is 0 Å². The molecule has 4 nitrogen and oxygen atoms in total. The maximum absolute atomic E-state index is 12.5. The van der Waals surface area contributed by atoms with E-state index in [9.17, 15) is 9.59 Å². The molecule has 110 valence electrons. The van der Waals surface area contributed by atoms with Gasteiger partial charge in [0.15, 0.2) is 5.78 Å². The number of likely N-dealkylation sites (tertiary alicyclic amines) is 1. The number of benzene rings is 1. The van der Waals surface area contributed by atoms with Crippen molar-refractivity contribution in [3.63, 3.8) is 0 Å². The van der Waals surface area contributed by atoms with Crippen LogP contribution in [0.3, 0.4) is 0 Å². The molecule has 0 bridgehead atoms. The average molecular weight is 284 g/mol. The summed E-state index contributed by atoms with van der Waals surface area (Å²) in [6.45, 7) is 5.62. The number of hydrogen-bond donors (Lipinski definition) is 1. The first-order chi connectivity index (χ1) is 10.2. The molecule has 2 aliphatic rings. The van der Waals surface area contributed by atoms with Crippen LogP contribution in [0.2, 0.25) is 0 Å². The van der Waals surface area contributed by atoms with Gasteiger partial charge < -0.3 is 10.2 Å². The molecule has 0 spiro atoms. The molecule has 0 unspecified atom stereocenters. The van der Waals surface area contributed by atoms with Crippen molar-refractivity contribution >= 4 is 11.6 Å². The highest BCUT2D eigenvalue weighted by atomic mass is 16.1. The SMILES string of the molecule is CC1=C(NCCN2CCCC2)C(=O)c2ccccc2C1=O. The van der Waals surface area contributed by atoms with Crippen LogP contribution in [0.5, 0.6) is 0 Å². The minimum Gasteiger partial charge on any atom is -0.380 e. The smallest absolute Gasteiger partial charge is 0.209 e. The lowest BCUT2D eigenvalue weighted by molar-refractivity contribution is 0.0968. The van der Waals surface area contributed by atoms with Crippen LogP contribution in [0.15, 0.2) is 35.5 Å². The van der Waals surface area contributed by atoms with E-state index in [4.69, 9.17) is 0 Å². The van der Waals surface area contributed by atoms with E-state index in [0.29, 0.717) is 28.9 Å². The van der Waals surface area contributed by atoms with Crippen molar-refractivity contribution in [1.82, 2.24) is 10.2 Å². The number of Topliss-reactive ketones (excluding diaryl/α,β-unsaturated/α-hetero) is 2. The minimum absolute atomic E-state index is 0.0473. The van der Waals surface area contributed by atoms with Crippen molar-refractivity contribution in [2.75, 3.05) is 26.2 Å². The van der Waals surface area contributed by atoms with Crippen LogP contribution in [-0.2, 0) is 0 Å². The molecule has 1 aromatic carbocycles. The summed E-state index contributed by atoms with van der Waals surface area (Å²) in [5.74, 6) is -0.113. The molecule has 1 heterocycles. The van der Waals surface area contributed by atoms with Crippen molar-refractivity contribution in [1.29, 1.82) is 0 Å². The number of ketones is 2. The van der Waals surface area contributed by atoms with E-state index in [1.54, 1.807) is 31.2 Å². The Morgan fingerprint density at radius 1 is 1.05 bits per heavy atom. The Morgan fingerprint density at radius 2 is 1.67 bits per heavy atom. The Hall–Kier alpha value is -1.94. The third-order valence-electron chi connectivity index (χ3n) is 4.29. The molecule has 0 radical (unpaired) electrons. The Kier molecular flexibility index (Phi) is 3.88. The third-order valence-corrected chi connectivity index (χ3v) is 4.29. The standard InChI is InChI=1S/C17H20N2O2/c1-12-15(18-8-11-19-9-4-5-10-19)17(21)14-7-3-2-6-13(14)16(12)20/h2-3,6-7,18H,4-5,8-11H2,1H3. The Morgan fingerprint density at radius 3 is 2.33 bits per heavy atom. The average Bonchev–Trinajstić information content (AvgIpc) is 3.02. The number of carbonyl (C=O) groups excluding carboxylic acids is 2. The molecule has 0 aromatic heterocycles. The van der Waals surface area contributed by atoms with Crippen LogP contribution in [0.4, 0.5) is 0 Å². The first-order valence-electron chi connectivity index (χ1n) is 7.54. The summed E-state index contributed by atoms with van der Waals surface area (Å²) in [4.78, 5) is 27.2. The lowest BCUT2D eigenvalue weighted by Gasteiger charge is -2.21. The predicted octanol–water partition coefficient (Wildman–Crippen LogP) is 2.03. The van der Waals surface area contributed by atoms with Crippen LogP contribution in [0, 0.1) is 0 Å². The fraction of sp³-hybridized carbons (Fsp3) is 0.412. The van der Waals surface area contributed by atoms with Gasteiger partial charge >= 0.3 is 0 Å². The number of fused-ring (bicyclic) bond motifs is 1. The van der Waals surface area contributed by atoms with Crippen molar-refractivity contribution < 1.29 is 9.59 Å². The van der Waals surface area contributed by atoms with Gasteiger partial charge in [-0.1, -0.05) is 24.3 Å². The van der Waals surface area contributed by atoms with Crippen LogP contribution in [-0.4, -0.2) is 42.6 Å². The van der Waals surface area contributed by atoms with Crippen LogP contribution in [0.1, 0.15) is 40.5 Å². The topological polar surface area (TPSA) is 49.4 Å². The molecule has 1 aliphatic carbocycles. The van der Waals surface area contributed by atoms with E-state index < -0.39 is 0 Å². The normalized spacial score (nSPS) is 19.1. The Bertz CT molecular complexity index is 613. The molecule has 1 aromatic rings. The second-order valence-corrected chi connectivity index (χ2v) is 5.68. The lowest BCUT2D eigenvalue weighted by Crippen LogP contribution is -2.35. The number of carbonyl (C=O) groups is 2. The maximum Gasteiger partial charge on any atom is 0.209 e. The zero-order valence-electron chi connectivity index (χ0n) is 12.3. The molecule has 1 N–H and O–H groups in total. The van der Waals surface area contributed by atoms with E-state index in [1.165, 1.54) is 12.8 Å². The summed E-state index contributed by atoms with van der Waals surface area (Å²) >= 11 is 0. The van der Waals surface area contributed by atoms with Crippen molar-refractivity contribution in [3.05, 3.63) is 46.7 Å². The van der Waals surface area contributed by atoms with Gasteiger partial charge in [0.25, 0.3) is 0 Å². The van der Waals surface area contributed by atoms with Crippen molar-refractivity contribution in [2.24, 2.45) is 0 Å². The fourth-order valence-corrected chi connectivity index (χ4v) is 3.06. The van der Waals surface area contributed by atoms with Crippen LogP contribution >= 0.6 is 0 Å². The molecule has 0 amide bonds. The van der Waals surface area contributed by atoms with Gasteiger partial charge in [-0.25, -0.2) is 0 Å². The van der Waals surface area contributed by atoms with E-state index in [0.717, 1.165) is 19.6 Å². The first kappa shape index (κ1) is 14.0. The second kappa shape index (κ2) is 5.82. The fourth-order valence-electron chi connectivity index (χ4n) is 3.06. The molecule has 21 heavy (non-hydrogen) atoms. The number of allylic oxidation sites excluding steroid dienone is 2. The van der Waals surface area contributed by atoms with Crippen molar-refractivity contribution in [2.45, 2.75) is 19.8 Å². The molecule has 1 aliphatic heterocycles. The van der Waals surface area contributed by atoms with Gasteiger partial charge in [-0.15, -0.1) is 0 Å². The van der Waals surface area contributed by atoms with E-state index in [-0.39, 0.29) is 11.6 Å². The van der Waals surface area contributed by atoms with Gasteiger partial charge in [0.2, 0.25) is 5.78 Å². The van der Waals surface area contributed by atoms with Gasteiger partial charge in [0, 0.05) is 29.8 Å². The third kappa shape index (κ3) is 2.63. The molecular weight excluding hydrogens is 264 g/mol. The molecule has 1 saturated heterocycles. The molecule has 4 heteroatoms. The minimum atomic E-state index is -0.0656. The number of hydrogen-bond acceptors (Lipinski definition) is 4. The van der Waals surface area contributed by atoms with Crippen LogP contribution < -0.4 is 5.32 Å². The van der Waals surface area contributed by atoms with Crippen molar-refractivity contribution in [3.8, 4) is 0 Å². The second-order valence-electron chi connectivity index (χ2n) is 5.68. The van der Waals surface area contributed by atoms with Gasteiger partial charge in [0.1, 0.15) is 0 Å². The molecule has 0 saturated carbocycles. The molecular formula is C17H20N2O2. The first-order valence-corrected chi connectivity index (χ1v) is 7.54. The zero-order chi connectivity index (χ0) is 14.8. The van der Waals surface area contributed by atoms with E-state index in [1.807, 2.05) is 0 Å². The summed E-state index contributed by atoms with van der Waals surface area (Å²) in [5.41, 5.74) is 2.03. The quantitative estimate of drug-likeness (QED) is 0.919. The zero-order valence-corrected chi connectivity index (χ0v) is 12.3. The largest absolute Gasteiger partial charge is 0.380 e. The molecule has 3 rings (SSSR count). The summed E-state index contributed by atoms with van der Waals surface area (Å²) < 4.78 is 0. The monoisotopic (exact) mass is 284 g/mol. The highest BCUT2D eigenvalue weighted by molar-refractivity contribution is 6.26. The van der Waals surface area contributed by atoms with Gasteiger partial charge in [0.05, 0.1) is 5.70 Å². The number of rotatable bonds is 4. The molecule has 0 atom stereocenters. The Balaban J connectivity index is 1.73. The van der Waals surface area contributed by atoms with Gasteiger partial charge in [-0.3, -0.25) is 9.59 Å². The van der Waals surface area contributed by atoms with Gasteiger partial charge in [-0.05, 0) is 32.9 Å². The highest BCUT2D eigenvalue weighted by Crippen LogP contribution is 2.24. The van der Waals surface area contributed by atoms with E-state index >= 15 is 0 Å².